The van der Waals surface area contributed by atoms with Crippen LogP contribution in [0.5, 0.6) is 0 Å². The van der Waals surface area contributed by atoms with E-state index in [1.54, 1.807) is 12.1 Å². The van der Waals surface area contributed by atoms with Crippen molar-refractivity contribution in [2.24, 2.45) is 5.92 Å². The molecule has 2 saturated heterocycles. The number of nitrogens with zero attached hydrogens (tertiary/aromatic N) is 2. The van der Waals surface area contributed by atoms with E-state index in [1.807, 2.05) is 12.1 Å². The van der Waals surface area contributed by atoms with E-state index in [-0.39, 0.29) is 0 Å². The van der Waals surface area contributed by atoms with Gasteiger partial charge in [0.25, 0.3) is 0 Å². The van der Waals surface area contributed by atoms with E-state index in [4.69, 9.17) is 0 Å². The average molecular weight is 351 g/mol. The Balaban J connectivity index is 1.53. The van der Waals surface area contributed by atoms with E-state index >= 15 is 0 Å². The van der Waals surface area contributed by atoms with Gasteiger partial charge in [-0.05, 0) is 68.9 Å². The first kappa shape index (κ1) is 17.9. The Morgan fingerprint density at radius 1 is 0.958 bits per heavy atom. The summed E-state index contributed by atoms with van der Waals surface area (Å²) in [6.07, 6.45) is 8.01. The zero-order valence-corrected chi connectivity index (χ0v) is 15.6. The van der Waals surface area contributed by atoms with Crippen molar-refractivity contribution in [3.8, 4) is 0 Å². The van der Waals surface area contributed by atoms with Crippen LogP contribution in [0.1, 0.15) is 37.7 Å². The van der Waals surface area contributed by atoms with Crippen molar-refractivity contribution in [3.63, 3.8) is 0 Å². The maximum atomic E-state index is 11.6. The van der Waals surface area contributed by atoms with Gasteiger partial charge in [0, 0.05) is 25.9 Å². The first-order chi connectivity index (χ1) is 11.5. The number of hydrogen-bond acceptors (Lipinski definition) is 4. The van der Waals surface area contributed by atoms with Crippen LogP contribution < -0.4 is 0 Å². The Hall–Kier alpha value is -0.910. The molecule has 2 heterocycles. The van der Waals surface area contributed by atoms with Gasteiger partial charge in [0.2, 0.25) is 0 Å². The van der Waals surface area contributed by atoms with Crippen LogP contribution in [0.15, 0.2) is 29.2 Å². The van der Waals surface area contributed by atoms with E-state index in [0.717, 1.165) is 19.0 Å². The molecule has 0 bridgehead atoms. The molecule has 1 unspecified atom stereocenters. The second-order valence-electron chi connectivity index (χ2n) is 7.52. The smallest absolute Gasteiger partial charge is 0.175 e. The van der Waals surface area contributed by atoms with Crippen LogP contribution >= 0.6 is 0 Å². The van der Waals surface area contributed by atoms with Gasteiger partial charge in [0.05, 0.1) is 4.90 Å². The fourth-order valence-electron chi connectivity index (χ4n) is 4.05. The lowest BCUT2D eigenvalue weighted by atomic mass is 9.96. The largest absolute Gasteiger partial charge is 0.303 e. The van der Waals surface area contributed by atoms with Crippen LogP contribution in [0, 0.1) is 5.92 Å². The number of likely N-dealkylation sites (tertiary alicyclic amines) is 2. The quantitative estimate of drug-likeness (QED) is 0.819. The molecular formula is C19H30N2O2S. The number of sulfone groups is 1. The molecule has 1 aromatic rings. The zero-order chi connectivity index (χ0) is 17.0. The van der Waals surface area contributed by atoms with Gasteiger partial charge < -0.3 is 4.90 Å². The SMILES string of the molecule is CS(=O)(=O)c1ccc(CN2CCCC(CN3CCCCC3)C2)cc1. The molecule has 0 saturated carbocycles. The van der Waals surface area contributed by atoms with Crippen molar-refractivity contribution < 1.29 is 8.42 Å². The molecule has 24 heavy (non-hydrogen) atoms. The van der Waals surface area contributed by atoms with Crippen LogP contribution in [0.4, 0.5) is 0 Å². The molecule has 0 radical (unpaired) electrons. The number of rotatable bonds is 5. The van der Waals surface area contributed by atoms with Crippen molar-refractivity contribution >= 4 is 9.84 Å². The predicted octanol–water partition coefficient (Wildman–Crippen LogP) is 2.79. The van der Waals surface area contributed by atoms with Gasteiger partial charge in [-0.25, -0.2) is 8.42 Å². The number of piperidine rings is 2. The highest BCUT2D eigenvalue weighted by molar-refractivity contribution is 7.90. The minimum atomic E-state index is -3.10. The molecule has 0 N–H and O–H groups in total. The molecule has 1 aromatic carbocycles. The summed E-state index contributed by atoms with van der Waals surface area (Å²) >= 11 is 0. The Morgan fingerprint density at radius 3 is 2.29 bits per heavy atom. The van der Waals surface area contributed by atoms with Crippen molar-refractivity contribution in [3.05, 3.63) is 29.8 Å². The lowest BCUT2D eigenvalue weighted by Crippen LogP contribution is -2.42. The molecule has 0 aliphatic carbocycles. The van der Waals surface area contributed by atoms with Gasteiger partial charge in [0.15, 0.2) is 9.84 Å². The fraction of sp³-hybridized carbons (Fsp3) is 0.684. The van der Waals surface area contributed by atoms with Crippen molar-refractivity contribution in [2.75, 3.05) is 39.0 Å². The summed E-state index contributed by atoms with van der Waals surface area (Å²) < 4.78 is 23.1. The van der Waals surface area contributed by atoms with Crippen molar-refractivity contribution in [2.45, 2.75) is 43.5 Å². The molecule has 2 aliphatic heterocycles. The summed E-state index contributed by atoms with van der Waals surface area (Å²) in [5.41, 5.74) is 1.21. The maximum Gasteiger partial charge on any atom is 0.175 e. The van der Waals surface area contributed by atoms with E-state index in [2.05, 4.69) is 9.80 Å². The van der Waals surface area contributed by atoms with Crippen LogP contribution in [0.25, 0.3) is 0 Å². The van der Waals surface area contributed by atoms with Gasteiger partial charge in [-0.15, -0.1) is 0 Å². The molecule has 134 valence electrons. The average Bonchev–Trinajstić information content (AvgIpc) is 2.56. The van der Waals surface area contributed by atoms with Crippen LogP contribution in [-0.2, 0) is 16.4 Å². The Bertz CT molecular complexity index is 621. The third-order valence-electron chi connectivity index (χ3n) is 5.33. The minimum absolute atomic E-state index is 0.410. The third-order valence-corrected chi connectivity index (χ3v) is 6.45. The highest BCUT2D eigenvalue weighted by atomic mass is 32.2. The van der Waals surface area contributed by atoms with E-state index < -0.39 is 9.84 Å². The predicted molar refractivity (Wildman–Crippen MR) is 97.8 cm³/mol. The molecule has 0 spiro atoms. The van der Waals surface area contributed by atoms with E-state index in [1.165, 1.54) is 70.1 Å². The number of benzene rings is 1. The molecular weight excluding hydrogens is 320 g/mol. The first-order valence-electron chi connectivity index (χ1n) is 9.24. The Kier molecular flexibility index (Phi) is 5.95. The Morgan fingerprint density at radius 2 is 1.62 bits per heavy atom. The molecule has 1 atom stereocenters. The maximum absolute atomic E-state index is 11.6. The van der Waals surface area contributed by atoms with Crippen molar-refractivity contribution in [1.29, 1.82) is 0 Å². The first-order valence-corrected chi connectivity index (χ1v) is 11.1. The molecule has 0 aromatic heterocycles. The summed E-state index contributed by atoms with van der Waals surface area (Å²) in [7, 11) is -3.10. The highest BCUT2D eigenvalue weighted by Crippen LogP contribution is 2.21. The fourth-order valence-corrected chi connectivity index (χ4v) is 4.68. The van der Waals surface area contributed by atoms with Crippen LogP contribution in [-0.4, -0.2) is 57.2 Å². The topological polar surface area (TPSA) is 40.6 Å². The van der Waals surface area contributed by atoms with Crippen LogP contribution in [0.3, 0.4) is 0 Å². The van der Waals surface area contributed by atoms with Gasteiger partial charge in [-0.2, -0.15) is 0 Å². The molecule has 5 heteroatoms. The molecule has 4 nitrogen and oxygen atoms in total. The zero-order valence-electron chi connectivity index (χ0n) is 14.8. The molecule has 0 amide bonds. The van der Waals surface area contributed by atoms with Gasteiger partial charge in [0.1, 0.15) is 0 Å². The van der Waals surface area contributed by atoms with Crippen molar-refractivity contribution in [1.82, 2.24) is 9.80 Å². The molecule has 2 fully saturated rings. The normalized spacial score (nSPS) is 24.1. The lowest BCUT2D eigenvalue weighted by Gasteiger charge is -2.37. The lowest BCUT2D eigenvalue weighted by molar-refractivity contribution is 0.118. The van der Waals surface area contributed by atoms with Gasteiger partial charge in [-0.3, -0.25) is 4.90 Å². The standard InChI is InChI=1S/C19H30N2O2S/c1-24(22,23)19-9-7-17(8-10-19)14-21-13-5-6-18(16-21)15-20-11-3-2-4-12-20/h7-10,18H,2-6,11-16H2,1H3. The van der Waals surface area contributed by atoms with E-state index in [0.29, 0.717) is 4.90 Å². The molecule has 3 rings (SSSR count). The summed E-state index contributed by atoms with van der Waals surface area (Å²) in [6, 6.07) is 7.40. The summed E-state index contributed by atoms with van der Waals surface area (Å²) in [6.45, 7) is 7.08. The third kappa shape index (κ3) is 5.04. The second kappa shape index (κ2) is 7.98. The summed E-state index contributed by atoms with van der Waals surface area (Å²) in [5.74, 6) is 0.784. The summed E-state index contributed by atoms with van der Waals surface area (Å²) in [5, 5.41) is 0. The molecule has 2 aliphatic rings. The Labute approximate surface area is 146 Å². The second-order valence-corrected chi connectivity index (χ2v) is 9.54. The monoisotopic (exact) mass is 350 g/mol. The highest BCUT2D eigenvalue weighted by Gasteiger charge is 2.23. The number of hydrogen-bond donors (Lipinski definition) is 0. The minimum Gasteiger partial charge on any atom is -0.303 e. The summed E-state index contributed by atoms with van der Waals surface area (Å²) in [4.78, 5) is 5.60. The van der Waals surface area contributed by atoms with E-state index in [9.17, 15) is 8.42 Å². The van der Waals surface area contributed by atoms with Gasteiger partial charge >= 0.3 is 0 Å². The van der Waals surface area contributed by atoms with Crippen LogP contribution in [0.2, 0.25) is 0 Å². The van der Waals surface area contributed by atoms with Gasteiger partial charge in [-0.1, -0.05) is 18.6 Å².